The van der Waals surface area contributed by atoms with Gasteiger partial charge in [-0.2, -0.15) is 0 Å². The molecule has 0 aliphatic carbocycles. The van der Waals surface area contributed by atoms with Crippen LogP contribution in [0.25, 0.3) is 0 Å². The lowest BCUT2D eigenvalue weighted by atomic mass is 10.2. The van der Waals surface area contributed by atoms with Crippen LogP contribution in [0.3, 0.4) is 0 Å². The lowest BCUT2D eigenvalue weighted by Gasteiger charge is -2.11. The molecule has 0 saturated carbocycles. The first-order valence-electron chi connectivity index (χ1n) is 4.83. The van der Waals surface area contributed by atoms with Crippen LogP contribution in [0.1, 0.15) is 33.6 Å². The fourth-order valence-corrected chi connectivity index (χ4v) is 0.872. The smallest absolute Gasteiger partial charge is 0.0146 e. The van der Waals surface area contributed by atoms with E-state index in [1.807, 2.05) is 0 Å². The molecule has 0 rings (SSSR count). The molecule has 1 nitrogen and oxygen atoms in total. The summed E-state index contributed by atoms with van der Waals surface area (Å²) in [4.78, 5) is 2.32. The summed E-state index contributed by atoms with van der Waals surface area (Å²) in [7, 11) is 2.15. The van der Waals surface area contributed by atoms with Gasteiger partial charge in [0.25, 0.3) is 0 Å². The van der Waals surface area contributed by atoms with Gasteiger partial charge in [0, 0.05) is 12.3 Å². The number of nitrogens with zero attached hydrogens (tertiary/aromatic N) is 1. The van der Waals surface area contributed by atoms with Crippen LogP contribution in [0, 0.1) is 17.8 Å². The lowest BCUT2D eigenvalue weighted by Crippen LogP contribution is -2.18. The largest absolute Gasteiger partial charge is 0.307 e. The summed E-state index contributed by atoms with van der Waals surface area (Å²) in [6.07, 6.45) is 2.24. The van der Waals surface area contributed by atoms with Gasteiger partial charge in [0.2, 0.25) is 0 Å². The molecule has 0 aliphatic rings. The quantitative estimate of drug-likeness (QED) is 0.459. The molecule has 0 radical (unpaired) electrons. The molecule has 0 heterocycles. The van der Waals surface area contributed by atoms with Crippen molar-refractivity contribution < 1.29 is 0 Å². The number of hydrogen-bond donors (Lipinski definition) is 0. The van der Waals surface area contributed by atoms with E-state index >= 15 is 0 Å². The molecule has 0 aliphatic heterocycles. The minimum Gasteiger partial charge on any atom is -0.307 e. The molecule has 0 aromatic carbocycles. The Morgan fingerprint density at radius 1 is 1.33 bits per heavy atom. The summed E-state index contributed by atoms with van der Waals surface area (Å²) in [5.74, 6) is 6.88. The van der Waals surface area contributed by atoms with Crippen LogP contribution in [0.5, 0.6) is 0 Å². The molecular formula is C11H21N. The second-order valence-electron chi connectivity index (χ2n) is 3.48. The predicted octanol–water partition coefficient (Wildman–Crippen LogP) is 2.38. The molecule has 0 bridgehead atoms. The Hall–Kier alpha value is -0.480. The van der Waals surface area contributed by atoms with Gasteiger partial charge in [0.05, 0.1) is 0 Å². The zero-order chi connectivity index (χ0) is 9.40. The third-order valence-corrected chi connectivity index (χ3v) is 1.77. The van der Waals surface area contributed by atoms with Gasteiger partial charge in [-0.05, 0) is 26.6 Å². The highest BCUT2D eigenvalue weighted by Gasteiger charge is 1.91. The van der Waals surface area contributed by atoms with Crippen molar-refractivity contribution >= 4 is 0 Å². The third-order valence-electron chi connectivity index (χ3n) is 1.77. The molecule has 70 valence electrons. The third kappa shape index (κ3) is 7.63. The average molecular weight is 167 g/mol. The molecular weight excluding hydrogens is 146 g/mol. The summed E-state index contributed by atoms with van der Waals surface area (Å²) in [5.41, 5.74) is 0. The fraction of sp³-hybridized carbons (Fsp3) is 0.818. The number of rotatable bonds is 4. The highest BCUT2D eigenvalue weighted by atomic mass is 15.1. The second kappa shape index (κ2) is 7.18. The summed E-state index contributed by atoms with van der Waals surface area (Å²) in [6, 6.07) is 0. The zero-order valence-electron chi connectivity index (χ0n) is 8.85. The van der Waals surface area contributed by atoms with Crippen LogP contribution in [0.15, 0.2) is 0 Å². The van der Waals surface area contributed by atoms with Gasteiger partial charge in [-0.25, -0.2) is 0 Å². The van der Waals surface area contributed by atoms with Crippen molar-refractivity contribution in [2.75, 3.05) is 20.1 Å². The summed E-state index contributed by atoms with van der Waals surface area (Å²) < 4.78 is 0. The first-order chi connectivity index (χ1) is 5.66. The van der Waals surface area contributed by atoms with Crippen LogP contribution in [0.4, 0.5) is 0 Å². The summed E-state index contributed by atoms with van der Waals surface area (Å²) in [5, 5.41) is 0. The maximum absolute atomic E-state index is 3.19. The van der Waals surface area contributed by atoms with Crippen molar-refractivity contribution in [3.8, 4) is 11.8 Å². The predicted molar refractivity (Wildman–Crippen MR) is 55.0 cm³/mol. The van der Waals surface area contributed by atoms with E-state index in [2.05, 4.69) is 44.6 Å². The standard InChI is InChI=1S/C11H21N/c1-5-12(4)10-8-6-7-9-11(2)3/h11H,5-6,8,10H2,1-4H3. The molecule has 0 unspecified atom stereocenters. The van der Waals surface area contributed by atoms with E-state index in [4.69, 9.17) is 0 Å². The van der Waals surface area contributed by atoms with Crippen LogP contribution in [-0.2, 0) is 0 Å². The van der Waals surface area contributed by atoms with Gasteiger partial charge in [-0.3, -0.25) is 0 Å². The Bertz CT molecular complexity index is 150. The Morgan fingerprint density at radius 2 is 2.00 bits per heavy atom. The fourth-order valence-electron chi connectivity index (χ4n) is 0.872. The average Bonchev–Trinajstić information content (AvgIpc) is 2.03. The van der Waals surface area contributed by atoms with Crippen molar-refractivity contribution in [1.29, 1.82) is 0 Å². The van der Waals surface area contributed by atoms with Crippen molar-refractivity contribution in [1.82, 2.24) is 4.90 Å². The van der Waals surface area contributed by atoms with Gasteiger partial charge >= 0.3 is 0 Å². The van der Waals surface area contributed by atoms with Crippen molar-refractivity contribution in [2.24, 2.45) is 5.92 Å². The molecule has 0 aromatic rings. The minimum absolute atomic E-state index is 0.522. The monoisotopic (exact) mass is 167 g/mol. The molecule has 0 saturated heterocycles. The number of unbranched alkanes of at least 4 members (excludes halogenated alkanes) is 1. The molecule has 0 aromatic heterocycles. The van der Waals surface area contributed by atoms with Gasteiger partial charge < -0.3 is 4.90 Å². The zero-order valence-corrected chi connectivity index (χ0v) is 8.85. The number of hydrogen-bond acceptors (Lipinski definition) is 1. The van der Waals surface area contributed by atoms with Crippen LogP contribution in [-0.4, -0.2) is 25.0 Å². The highest BCUT2D eigenvalue weighted by molar-refractivity contribution is 5.00. The SMILES string of the molecule is CCN(C)CCCC#CC(C)C. The van der Waals surface area contributed by atoms with E-state index in [1.165, 1.54) is 13.0 Å². The molecule has 0 N–H and O–H groups in total. The van der Waals surface area contributed by atoms with Crippen LogP contribution >= 0.6 is 0 Å². The van der Waals surface area contributed by atoms with Gasteiger partial charge in [0.1, 0.15) is 0 Å². The molecule has 0 fully saturated rings. The molecule has 0 atom stereocenters. The lowest BCUT2D eigenvalue weighted by molar-refractivity contribution is 0.349. The molecule has 0 amide bonds. The van der Waals surface area contributed by atoms with Gasteiger partial charge in [0.15, 0.2) is 0 Å². The van der Waals surface area contributed by atoms with Crippen molar-refractivity contribution in [3.05, 3.63) is 0 Å². The van der Waals surface area contributed by atoms with Gasteiger partial charge in [-0.15, -0.1) is 11.8 Å². The van der Waals surface area contributed by atoms with Crippen molar-refractivity contribution in [2.45, 2.75) is 33.6 Å². The van der Waals surface area contributed by atoms with Crippen LogP contribution in [0.2, 0.25) is 0 Å². The normalized spacial score (nSPS) is 10.2. The topological polar surface area (TPSA) is 3.24 Å². The van der Waals surface area contributed by atoms with E-state index in [0.717, 1.165) is 13.0 Å². The van der Waals surface area contributed by atoms with Crippen molar-refractivity contribution in [3.63, 3.8) is 0 Å². The highest BCUT2D eigenvalue weighted by Crippen LogP contribution is 1.92. The maximum Gasteiger partial charge on any atom is 0.0146 e. The Balaban J connectivity index is 3.28. The summed E-state index contributed by atoms with van der Waals surface area (Å²) in [6.45, 7) is 8.75. The first-order valence-corrected chi connectivity index (χ1v) is 4.83. The molecule has 1 heteroatoms. The Morgan fingerprint density at radius 3 is 2.50 bits per heavy atom. The van der Waals surface area contributed by atoms with Gasteiger partial charge in [-0.1, -0.05) is 20.8 Å². The second-order valence-corrected chi connectivity index (χ2v) is 3.48. The maximum atomic E-state index is 3.19. The molecule has 0 spiro atoms. The van der Waals surface area contributed by atoms with E-state index in [1.54, 1.807) is 0 Å². The van der Waals surface area contributed by atoms with E-state index < -0.39 is 0 Å². The van der Waals surface area contributed by atoms with E-state index in [-0.39, 0.29) is 0 Å². The summed E-state index contributed by atoms with van der Waals surface area (Å²) >= 11 is 0. The minimum atomic E-state index is 0.522. The Labute approximate surface area is 77.1 Å². The van der Waals surface area contributed by atoms with E-state index in [0.29, 0.717) is 5.92 Å². The molecule has 12 heavy (non-hydrogen) atoms. The first kappa shape index (κ1) is 11.5. The van der Waals surface area contributed by atoms with E-state index in [9.17, 15) is 0 Å². The van der Waals surface area contributed by atoms with Crippen LogP contribution < -0.4 is 0 Å². The Kier molecular flexibility index (Phi) is 6.90.